The molecule has 1 N–H and O–H groups in total. The molecule has 2 heteroatoms. The van der Waals surface area contributed by atoms with Crippen molar-refractivity contribution in [1.29, 1.82) is 0 Å². The third-order valence-electron chi connectivity index (χ3n) is 6.87. The molecule has 150 valence electrons. The second kappa shape index (κ2) is 10.3. The predicted molar refractivity (Wildman–Crippen MR) is 120 cm³/mol. The average molecular weight is 370 g/mol. The fraction of sp³-hybridized carbons (Fsp3) is 0.913. The molecule has 1 saturated carbocycles. The van der Waals surface area contributed by atoms with Crippen molar-refractivity contribution in [3.8, 4) is 0 Å². The fourth-order valence-electron chi connectivity index (χ4n) is 5.19. The molecule has 0 aromatic heterocycles. The molecule has 0 radical (unpaired) electrons. The Hall–Kier alpha value is -0.110. The Morgan fingerprint density at radius 3 is 1.76 bits per heavy atom. The molecular weight excluding hydrogens is 322 g/mol. The summed E-state index contributed by atoms with van der Waals surface area (Å²) in [5.74, 6) is 3.91. The van der Waals surface area contributed by atoms with Crippen LogP contribution in [0.3, 0.4) is 0 Å². The molecule has 0 atom stereocenters. The van der Waals surface area contributed by atoms with Gasteiger partial charge in [0.15, 0.2) is 0 Å². The standard InChI is InChI=1S/C23H47NS/c1-17(2)22-11-13-23(14-12-22)21(9)24-15-10-16-25(18(3)4,19(5)6)20(7)8/h17-20,22-24H,9-16H2,1-8H3. The van der Waals surface area contributed by atoms with E-state index >= 15 is 0 Å². The van der Waals surface area contributed by atoms with Crippen molar-refractivity contribution >= 4 is 10.0 Å². The maximum absolute atomic E-state index is 4.38. The summed E-state index contributed by atoms with van der Waals surface area (Å²) in [6.45, 7) is 25.0. The Morgan fingerprint density at radius 1 is 0.880 bits per heavy atom. The lowest BCUT2D eigenvalue weighted by atomic mass is 9.76. The zero-order valence-corrected chi connectivity index (χ0v) is 19.3. The van der Waals surface area contributed by atoms with Crippen molar-refractivity contribution in [3.63, 3.8) is 0 Å². The Labute approximate surface area is 161 Å². The maximum Gasteiger partial charge on any atom is 0.0151 e. The molecule has 0 aromatic rings. The van der Waals surface area contributed by atoms with Crippen LogP contribution in [0.25, 0.3) is 0 Å². The molecule has 0 aromatic carbocycles. The first kappa shape index (κ1) is 22.9. The van der Waals surface area contributed by atoms with Gasteiger partial charge in [-0.3, -0.25) is 0 Å². The molecule has 1 aliphatic rings. The number of hydrogen-bond acceptors (Lipinski definition) is 1. The first-order valence-electron chi connectivity index (χ1n) is 10.8. The molecule has 0 saturated heterocycles. The Morgan fingerprint density at radius 2 is 1.36 bits per heavy atom. The van der Waals surface area contributed by atoms with Crippen LogP contribution in [0.15, 0.2) is 12.3 Å². The van der Waals surface area contributed by atoms with Crippen LogP contribution in [-0.4, -0.2) is 28.0 Å². The van der Waals surface area contributed by atoms with Gasteiger partial charge in [-0.15, -0.1) is 0 Å². The van der Waals surface area contributed by atoms with Gasteiger partial charge in [0.2, 0.25) is 0 Å². The van der Waals surface area contributed by atoms with Crippen molar-refractivity contribution in [2.75, 3.05) is 12.3 Å². The largest absolute Gasteiger partial charge is 0.389 e. The topological polar surface area (TPSA) is 12.0 Å². The summed E-state index contributed by atoms with van der Waals surface area (Å²) < 4.78 is 0. The highest BCUT2D eigenvalue weighted by Crippen LogP contribution is 2.60. The first-order chi connectivity index (χ1) is 11.6. The van der Waals surface area contributed by atoms with E-state index in [-0.39, 0.29) is 0 Å². The zero-order valence-electron chi connectivity index (χ0n) is 18.5. The molecule has 1 rings (SSSR count). The van der Waals surface area contributed by atoms with Crippen LogP contribution >= 0.6 is 10.0 Å². The number of nitrogens with one attached hydrogen (secondary N) is 1. The van der Waals surface area contributed by atoms with Gasteiger partial charge in [0.05, 0.1) is 0 Å². The lowest BCUT2D eigenvalue weighted by Gasteiger charge is -2.51. The summed E-state index contributed by atoms with van der Waals surface area (Å²) in [5.41, 5.74) is 1.32. The second-order valence-electron chi connectivity index (χ2n) is 9.42. The van der Waals surface area contributed by atoms with Gasteiger partial charge in [-0.1, -0.05) is 62.0 Å². The van der Waals surface area contributed by atoms with Crippen LogP contribution in [0.1, 0.15) is 87.5 Å². The van der Waals surface area contributed by atoms with Gasteiger partial charge < -0.3 is 5.32 Å². The smallest absolute Gasteiger partial charge is 0.0151 e. The van der Waals surface area contributed by atoms with E-state index in [0.29, 0.717) is 5.92 Å². The summed E-state index contributed by atoms with van der Waals surface area (Å²) >= 11 is 0. The van der Waals surface area contributed by atoms with E-state index in [1.165, 1.54) is 43.6 Å². The maximum atomic E-state index is 4.38. The van der Waals surface area contributed by atoms with E-state index in [1.54, 1.807) is 0 Å². The summed E-state index contributed by atoms with van der Waals surface area (Å²) in [6.07, 6.45) is 6.76. The summed E-state index contributed by atoms with van der Waals surface area (Å²) in [7, 11) is -0.556. The Bertz CT molecular complexity index is 367. The Kier molecular flexibility index (Phi) is 9.43. The summed E-state index contributed by atoms with van der Waals surface area (Å²) in [5, 5.41) is 6.17. The molecule has 0 aliphatic heterocycles. The highest BCUT2D eigenvalue weighted by atomic mass is 32.3. The van der Waals surface area contributed by atoms with Crippen LogP contribution in [-0.2, 0) is 0 Å². The van der Waals surface area contributed by atoms with Crippen LogP contribution in [0.5, 0.6) is 0 Å². The van der Waals surface area contributed by atoms with Gasteiger partial charge in [-0.05, 0) is 71.4 Å². The van der Waals surface area contributed by atoms with Gasteiger partial charge in [-0.2, -0.15) is 0 Å². The minimum atomic E-state index is -0.556. The van der Waals surface area contributed by atoms with Crippen molar-refractivity contribution in [2.24, 2.45) is 17.8 Å². The van der Waals surface area contributed by atoms with Gasteiger partial charge in [0, 0.05) is 12.2 Å². The molecule has 1 fully saturated rings. The van der Waals surface area contributed by atoms with E-state index in [1.807, 2.05) is 0 Å². The lowest BCUT2D eigenvalue weighted by Crippen LogP contribution is -2.33. The zero-order chi connectivity index (χ0) is 19.2. The molecule has 0 unspecified atom stereocenters. The highest BCUT2D eigenvalue weighted by Gasteiger charge is 2.33. The van der Waals surface area contributed by atoms with Crippen molar-refractivity contribution in [1.82, 2.24) is 5.32 Å². The number of rotatable bonds is 10. The van der Waals surface area contributed by atoms with Gasteiger partial charge in [0.1, 0.15) is 0 Å². The second-order valence-corrected chi connectivity index (χ2v) is 14.5. The average Bonchev–Trinajstić information content (AvgIpc) is 2.53. The fourth-order valence-corrected chi connectivity index (χ4v) is 10.5. The van der Waals surface area contributed by atoms with E-state index in [9.17, 15) is 0 Å². The predicted octanol–water partition coefficient (Wildman–Crippen LogP) is 6.97. The van der Waals surface area contributed by atoms with Crippen LogP contribution < -0.4 is 5.32 Å². The first-order valence-corrected chi connectivity index (χ1v) is 12.8. The Balaban J connectivity index is 2.42. The monoisotopic (exact) mass is 369 g/mol. The summed E-state index contributed by atoms with van der Waals surface area (Å²) in [4.78, 5) is 0. The molecule has 0 spiro atoms. The van der Waals surface area contributed by atoms with Gasteiger partial charge in [0.25, 0.3) is 0 Å². The van der Waals surface area contributed by atoms with E-state index in [2.05, 4.69) is 67.3 Å². The van der Waals surface area contributed by atoms with Crippen molar-refractivity contribution < 1.29 is 0 Å². The third kappa shape index (κ3) is 5.94. The van der Waals surface area contributed by atoms with Crippen LogP contribution in [0, 0.1) is 17.8 Å². The summed E-state index contributed by atoms with van der Waals surface area (Å²) in [6, 6.07) is 0. The SMILES string of the molecule is C=C(NCCCS(C(C)C)(C(C)C)C(C)C)C1CCC(C(C)C)CC1. The molecule has 0 amide bonds. The highest BCUT2D eigenvalue weighted by molar-refractivity contribution is 8.35. The molecule has 1 nitrogen and oxygen atoms in total. The lowest BCUT2D eigenvalue weighted by molar-refractivity contribution is 0.238. The molecule has 0 heterocycles. The minimum Gasteiger partial charge on any atom is -0.389 e. The van der Waals surface area contributed by atoms with Crippen molar-refractivity contribution in [3.05, 3.63) is 12.3 Å². The molecule has 1 aliphatic carbocycles. The van der Waals surface area contributed by atoms with Crippen LogP contribution in [0.2, 0.25) is 0 Å². The van der Waals surface area contributed by atoms with Crippen LogP contribution in [0.4, 0.5) is 0 Å². The molecule has 0 bridgehead atoms. The number of hydrogen-bond donors (Lipinski definition) is 1. The molecular formula is C23H47NS. The van der Waals surface area contributed by atoms with E-state index in [0.717, 1.165) is 34.1 Å². The van der Waals surface area contributed by atoms with Crippen molar-refractivity contribution in [2.45, 2.75) is 103 Å². The minimum absolute atomic E-state index is 0.556. The third-order valence-corrected chi connectivity index (χ3v) is 13.1. The van der Waals surface area contributed by atoms with E-state index in [4.69, 9.17) is 0 Å². The van der Waals surface area contributed by atoms with Gasteiger partial charge >= 0.3 is 0 Å². The van der Waals surface area contributed by atoms with Gasteiger partial charge in [-0.25, -0.2) is 10.0 Å². The quantitative estimate of drug-likeness (QED) is 0.410. The normalized spacial score (nSPS) is 22.9. The number of allylic oxidation sites excluding steroid dienone is 1. The van der Waals surface area contributed by atoms with E-state index < -0.39 is 10.0 Å². The molecule has 25 heavy (non-hydrogen) atoms.